The van der Waals surface area contributed by atoms with E-state index in [9.17, 15) is 0 Å². The van der Waals surface area contributed by atoms with Crippen molar-refractivity contribution in [1.82, 2.24) is 0 Å². The molecule has 14 rings (SSSR count). The summed E-state index contributed by atoms with van der Waals surface area (Å²) in [7, 11) is 0. The van der Waals surface area contributed by atoms with Crippen LogP contribution in [-0.4, -0.2) is 0 Å². The Morgan fingerprint density at radius 3 is 1.64 bits per heavy atom. The first kappa shape index (κ1) is 40.4. The van der Waals surface area contributed by atoms with E-state index < -0.39 is 5.41 Å². The highest BCUT2D eigenvalue weighted by molar-refractivity contribution is 7.27. The number of para-hydroxylation sites is 4. The van der Waals surface area contributed by atoms with Crippen molar-refractivity contribution in [1.29, 1.82) is 0 Å². The minimum atomic E-state index is -0.578. The van der Waals surface area contributed by atoms with Gasteiger partial charge in [0.1, 0.15) is 0 Å². The van der Waals surface area contributed by atoms with Gasteiger partial charge in [0.05, 0.1) is 37.6 Å². The number of benzene rings is 11. The van der Waals surface area contributed by atoms with E-state index in [2.05, 4.69) is 276 Å². The lowest BCUT2D eigenvalue weighted by Crippen LogP contribution is -2.36. The normalized spacial score (nSPS) is 13.0. The van der Waals surface area contributed by atoms with Crippen LogP contribution in [0.15, 0.2) is 261 Å². The third kappa shape index (κ3) is 6.06. The third-order valence-electron chi connectivity index (χ3n) is 14.7. The molecule has 0 atom stereocenters. The van der Waals surface area contributed by atoms with Crippen molar-refractivity contribution in [2.75, 3.05) is 14.7 Å². The van der Waals surface area contributed by atoms with Gasteiger partial charge in [-0.3, -0.25) is 0 Å². The van der Waals surface area contributed by atoms with Crippen molar-refractivity contribution in [2.45, 2.75) is 12.0 Å². The maximum atomic E-state index is 2.53. The Morgan fingerprint density at radius 2 is 0.900 bits per heavy atom. The number of rotatable bonds is 8. The minimum Gasteiger partial charge on any atom is -0.335 e. The molecule has 0 unspecified atom stereocenters. The predicted molar refractivity (Wildman–Crippen MR) is 296 cm³/mol. The second-order valence-electron chi connectivity index (χ2n) is 18.4. The monoisotopic (exact) mass is 911 g/mol. The molecule has 2 aliphatic rings. The van der Waals surface area contributed by atoms with Gasteiger partial charge in [0, 0.05) is 45.5 Å². The molecule has 0 fully saturated rings. The van der Waals surface area contributed by atoms with Gasteiger partial charge in [-0.15, -0.1) is 11.3 Å². The molecule has 1 aromatic heterocycles. The zero-order valence-corrected chi connectivity index (χ0v) is 39.1. The summed E-state index contributed by atoms with van der Waals surface area (Å²) in [5, 5.41) is 4.98. The standard InChI is InChI=1S/C66H45N3S/c1-4-21-45(22-5-1)44-67(59-38-18-24-46-23-10-11-29-50(46)59)62-39-19-31-53-54-32-20-40-63(65(54)70-64(53)62)68(47-25-6-2-7-26-47)49-41-42-52-51-30-12-13-33-55(51)66(58(52)43-49)56-34-14-16-36-60(56)69(48-27-8-3-9-28-48)61-37-17-15-35-57(61)66/h1-43H,44H2. The van der Waals surface area contributed by atoms with Crippen molar-refractivity contribution < 1.29 is 0 Å². The molecule has 2 heterocycles. The molecule has 3 nitrogen and oxygen atoms in total. The van der Waals surface area contributed by atoms with Crippen LogP contribution < -0.4 is 14.7 Å². The van der Waals surface area contributed by atoms with Gasteiger partial charge in [0.15, 0.2) is 0 Å². The van der Waals surface area contributed by atoms with E-state index in [0.717, 1.165) is 29.3 Å². The van der Waals surface area contributed by atoms with Gasteiger partial charge in [-0.25, -0.2) is 0 Å². The zero-order valence-electron chi connectivity index (χ0n) is 38.3. The van der Waals surface area contributed by atoms with E-state index in [4.69, 9.17) is 0 Å². The van der Waals surface area contributed by atoms with Crippen LogP contribution >= 0.6 is 11.3 Å². The molecule has 1 spiro atoms. The molecule has 0 saturated carbocycles. The Balaban J connectivity index is 0.996. The summed E-state index contributed by atoms with van der Waals surface area (Å²) in [6.07, 6.45) is 0. The highest BCUT2D eigenvalue weighted by Gasteiger charge is 2.52. The highest BCUT2D eigenvalue weighted by Crippen LogP contribution is 2.64. The van der Waals surface area contributed by atoms with Gasteiger partial charge in [0.2, 0.25) is 0 Å². The summed E-state index contributed by atoms with van der Waals surface area (Å²) < 4.78 is 2.51. The van der Waals surface area contributed by atoms with E-state index in [1.165, 1.54) is 92.6 Å². The van der Waals surface area contributed by atoms with Crippen molar-refractivity contribution in [3.8, 4) is 11.1 Å². The molecule has 1 aliphatic heterocycles. The molecule has 0 radical (unpaired) electrons. The Kier molecular flexibility index (Phi) is 9.36. The topological polar surface area (TPSA) is 9.72 Å². The van der Waals surface area contributed by atoms with Gasteiger partial charge in [-0.05, 0) is 111 Å². The van der Waals surface area contributed by atoms with Gasteiger partial charge < -0.3 is 14.7 Å². The molecule has 330 valence electrons. The molecular weight excluding hydrogens is 867 g/mol. The lowest BCUT2D eigenvalue weighted by molar-refractivity contribution is 0.752. The predicted octanol–water partition coefficient (Wildman–Crippen LogP) is 18.2. The van der Waals surface area contributed by atoms with E-state index in [1.807, 2.05) is 11.3 Å². The second kappa shape index (κ2) is 16.2. The van der Waals surface area contributed by atoms with Crippen LogP contribution in [0.5, 0.6) is 0 Å². The zero-order chi connectivity index (χ0) is 46.2. The fraction of sp³-hybridized carbons (Fsp3) is 0.0303. The average molecular weight is 912 g/mol. The minimum absolute atomic E-state index is 0.578. The second-order valence-corrected chi connectivity index (χ2v) is 19.4. The molecular formula is C66H45N3S. The van der Waals surface area contributed by atoms with E-state index >= 15 is 0 Å². The molecule has 0 saturated heterocycles. The molecule has 0 bridgehead atoms. The molecule has 12 aromatic rings. The summed E-state index contributed by atoms with van der Waals surface area (Å²) in [4.78, 5) is 7.48. The summed E-state index contributed by atoms with van der Waals surface area (Å²) in [5.41, 5.74) is 17.7. The third-order valence-corrected chi connectivity index (χ3v) is 15.9. The maximum absolute atomic E-state index is 2.53. The van der Waals surface area contributed by atoms with Crippen molar-refractivity contribution in [3.05, 3.63) is 289 Å². The Bertz CT molecular complexity index is 3900. The highest BCUT2D eigenvalue weighted by atomic mass is 32.1. The number of thiophene rings is 1. The number of anilines is 8. The van der Waals surface area contributed by atoms with Crippen LogP contribution in [0.4, 0.5) is 45.5 Å². The average Bonchev–Trinajstić information content (AvgIpc) is 3.96. The number of hydrogen-bond donors (Lipinski definition) is 0. The lowest BCUT2D eigenvalue weighted by atomic mass is 9.64. The molecule has 11 aromatic carbocycles. The molecule has 0 amide bonds. The molecule has 4 heteroatoms. The van der Waals surface area contributed by atoms with Crippen LogP contribution in [0.25, 0.3) is 42.1 Å². The molecule has 1 aliphatic carbocycles. The van der Waals surface area contributed by atoms with Gasteiger partial charge in [0.25, 0.3) is 0 Å². The van der Waals surface area contributed by atoms with Crippen LogP contribution in [0.1, 0.15) is 27.8 Å². The van der Waals surface area contributed by atoms with Crippen molar-refractivity contribution >= 4 is 87.8 Å². The van der Waals surface area contributed by atoms with E-state index in [0.29, 0.717) is 0 Å². The van der Waals surface area contributed by atoms with Gasteiger partial charge in [-0.1, -0.05) is 194 Å². The first-order valence-corrected chi connectivity index (χ1v) is 24.9. The summed E-state index contributed by atoms with van der Waals surface area (Å²) in [6.45, 7) is 0.736. The quantitative estimate of drug-likeness (QED) is 0.150. The summed E-state index contributed by atoms with van der Waals surface area (Å²) in [5.74, 6) is 0. The maximum Gasteiger partial charge on any atom is 0.0755 e. The fourth-order valence-electron chi connectivity index (χ4n) is 11.8. The molecule has 0 N–H and O–H groups in total. The van der Waals surface area contributed by atoms with Gasteiger partial charge >= 0.3 is 0 Å². The lowest BCUT2D eigenvalue weighted by Gasteiger charge is -2.45. The first-order chi connectivity index (χ1) is 34.8. The van der Waals surface area contributed by atoms with E-state index in [-0.39, 0.29) is 0 Å². The number of nitrogens with zero attached hydrogens (tertiary/aromatic N) is 3. The SMILES string of the molecule is c1ccc(CN(c2cccc3ccccc23)c2cccc3c2sc2c(N(c4ccccc4)c4ccc5c(c4)C4(c6ccccc6-5)c5ccccc5N(c5ccccc5)c5ccccc54)cccc23)cc1. The Labute approximate surface area is 412 Å². The van der Waals surface area contributed by atoms with Crippen LogP contribution in [0, 0.1) is 0 Å². The summed E-state index contributed by atoms with van der Waals surface area (Å²) in [6, 6.07) is 96.3. The number of fused-ring (bicyclic) bond motifs is 13. The van der Waals surface area contributed by atoms with Crippen LogP contribution in [0.2, 0.25) is 0 Å². The Hall–Kier alpha value is -8.70. The Morgan fingerprint density at radius 1 is 0.371 bits per heavy atom. The van der Waals surface area contributed by atoms with Crippen molar-refractivity contribution in [2.24, 2.45) is 0 Å². The largest absolute Gasteiger partial charge is 0.335 e. The van der Waals surface area contributed by atoms with E-state index in [1.54, 1.807) is 0 Å². The summed E-state index contributed by atoms with van der Waals surface area (Å²) >= 11 is 1.90. The fourth-order valence-corrected chi connectivity index (χ4v) is 13.1. The van der Waals surface area contributed by atoms with Crippen LogP contribution in [-0.2, 0) is 12.0 Å². The molecule has 70 heavy (non-hydrogen) atoms. The van der Waals surface area contributed by atoms with Gasteiger partial charge in [-0.2, -0.15) is 0 Å². The number of hydrogen-bond acceptors (Lipinski definition) is 4. The van der Waals surface area contributed by atoms with Crippen molar-refractivity contribution in [3.63, 3.8) is 0 Å². The van der Waals surface area contributed by atoms with Crippen LogP contribution in [0.3, 0.4) is 0 Å². The smallest absolute Gasteiger partial charge is 0.0755 e. The first-order valence-electron chi connectivity index (χ1n) is 24.1.